The molecule has 0 atom stereocenters. The van der Waals surface area contributed by atoms with Crippen molar-refractivity contribution in [3.63, 3.8) is 0 Å². The van der Waals surface area contributed by atoms with E-state index in [1.807, 2.05) is 0 Å². The third-order valence-electron chi connectivity index (χ3n) is 1.21. The Bertz CT molecular complexity index is 339. The van der Waals surface area contributed by atoms with Gasteiger partial charge in [-0.2, -0.15) is 5.10 Å². The van der Waals surface area contributed by atoms with Gasteiger partial charge < -0.3 is 10.8 Å². The van der Waals surface area contributed by atoms with Gasteiger partial charge in [0.25, 0.3) is 0 Å². The van der Waals surface area contributed by atoms with Crippen molar-refractivity contribution in [1.29, 1.82) is 0 Å². The summed E-state index contributed by atoms with van der Waals surface area (Å²) >= 11 is 4.52. The van der Waals surface area contributed by atoms with E-state index in [4.69, 9.17) is 5.73 Å². The quantitative estimate of drug-likeness (QED) is 0.351. The average molecular weight is 196 g/mol. The number of hydrogen-bond acceptors (Lipinski definition) is 4. The molecule has 0 bridgehead atoms. The first-order valence-corrected chi connectivity index (χ1v) is 3.82. The zero-order chi connectivity index (χ0) is 9.68. The molecule has 0 spiro atoms. The van der Waals surface area contributed by atoms with Crippen molar-refractivity contribution < 1.29 is 5.11 Å². The summed E-state index contributed by atoms with van der Waals surface area (Å²) in [7, 11) is 0. The number of nitrogens with zero attached hydrogens (tertiary/aromatic N) is 2. The minimum Gasteiger partial charge on any atom is -0.506 e. The maximum absolute atomic E-state index is 9.23. The van der Waals surface area contributed by atoms with E-state index < -0.39 is 0 Å². The predicted octanol–water partition coefficient (Wildman–Crippen LogP) is -0.0457. The molecule has 0 radical (unpaired) electrons. The summed E-state index contributed by atoms with van der Waals surface area (Å²) < 4.78 is 0. The predicted molar refractivity (Wildman–Crippen MR) is 53.4 cm³/mol. The third-order valence-corrected chi connectivity index (χ3v) is 1.30. The van der Waals surface area contributed by atoms with Crippen LogP contribution in [0, 0.1) is 0 Å². The van der Waals surface area contributed by atoms with Gasteiger partial charge in [0, 0.05) is 11.8 Å². The van der Waals surface area contributed by atoms with Crippen LogP contribution in [-0.4, -0.2) is 21.4 Å². The van der Waals surface area contributed by atoms with Crippen LogP contribution >= 0.6 is 12.2 Å². The van der Waals surface area contributed by atoms with Gasteiger partial charge in [-0.1, -0.05) is 0 Å². The molecule has 13 heavy (non-hydrogen) atoms. The van der Waals surface area contributed by atoms with Crippen molar-refractivity contribution in [3.8, 4) is 5.75 Å². The van der Waals surface area contributed by atoms with Gasteiger partial charge in [-0.25, -0.2) is 0 Å². The SMILES string of the molecule is NC(=S)N/N=C/c1ccncc1O. The monoisotopic (exact) mass is 196 g/mol. The molecule has 0 saturated carbocycles. The molecule has 68 valence electrons. The Morgan fingerprint density at radius 2 is 2.54 bits per heavy atom. The molecule has 5 nitrogen and oxygen atoms in total. The first-order valence-electron chi connectivity index (χ1n) is 3.41. The molecule has 0 aliphatic rings. The maximum atomic E-state index is 9.23. The molecule has 0 aromatic carbocycles. The Kier molecular flexibility index (Phi) is 3.15. The molecule has 1 rings (SSSR count). The van der Waals surface area contributed by atoms with Crippen LogP contribution in [0.3, 0.4) is 0 Å². The number of nitrogens with two attached hydrogens (primary N) is 1. The van der Waals surface area contributed by atoms with E-state index in [1.54, 1.807) is 12.3 Å². The molecule has 0 aliphatic heterocycles. The van der Waals surface area contributed by atoms with E-state index in [-0.39, 0.29) is 10.9 Å². The number of hydrazone groups is 1. The molecular formula is C7H8N4OS. The largest absolute Gasteiger partial charge is 0.506 e. The summed E-state index contributed by atoms with van der Waals surface area (Å²) in [5.41, 5.74) is 8.04. The summed E-state index contributed by atoms with van der Waals surface area (Å²) in [5, 5.41) is 13.0. The highest BCUT2D eigenvalue weighted by molar-refractivity contribution is 7.80. The zero-order valence-corrected chi connectivity index (χ0v) is 7.45. The highest BCUT2D eigenvalue weighted by Gasteiger charge is 1.94. The molecule has 6 heteroatoms. The molecule has 1 aromatic heterocycles. The van der Waals surface area contributed by atoms with Crippen LogP contribution in [0.15, 0.2) is 23.6 Å². The van der Waals surface area contributed by atoms with Crippen LogP contribution in [0.1, 0.15) is 5.56 Å². The van der Waals surface area contributed by atoms with Gasteiger partial charge in [0.05, 0.1) is 12.4 Å². The molecular weight excluding hydrogens is 188 g/mol. The minimum absolute atomic E-state index is 0.0518. The smallest absolute Gasteiger partial charge is 0.184 e. The molecule has 1 aromatic rings. The van der Waals surface area contributed by atoms with Crippen molar-refractivity contribution in [2.45, 2.75) is 0 Å². The number of rotatable bonds is 2. The molecule has 0 aliphatic carbocycles. The van der Waals surface area contributed by atoms with Gasteiger partial charge in [-0.05, 0) is 18.3 Å². The molecule has 0 unspecified atom stereocenters. The van der Waals surface area contributed by atoms with Crippen LogP contribution in [-0.2, 0) is 0 Å². The van der Waals surface area contributed by atoms with Crippen LogP contribution < -0.4 is 11.2 Å². The fourth-order valence-corrected chi connectivity index (χ4v) is 0.724. The number of pyridine rings is 1. The third kappa shape index (κ3) is 3.04. The average Bonchev–Trinajstić information content (AvgIpc) is 2.08. The molecule has 0 fully saturated rings. The number of aromatic hydroxyl groups is 1. The Morgan fingerprint density at radius 3 is 3.15 bits per heavy atom. The molecule has 4 N–H and O–H groups in total. The van der Waals surface area contributed by atoms with Gasteiger partial charge in [0.15, 0.2) is 5.11 Å². The van der Waals surface area contributed by atoms with Crippen molar-refractivity contribution in [1.82, 2.24) is 10.4 Å². The Hall–Kier alpha value is -1.69. The lowest BCUT2D eigenvalue weighted by atomic mass is 10.3. The van der Waals surface area contributed by atoms with Crippen LogP contribution in [0.25, 0.3) is 0 Å². The highest BCUT2D eigenvalue weighted by Crippen LogP contribution is 2.10. The second kappa shape index (κ2) is 4.36. The van der Waals surface area contributed by atoms with Crippen molar-refractivity contribution in [2.75, 3.05) is 0 Å². The highest BCUT2D eigenvalue weighted by atomic mass is 32.1. The second-order valence-electron chi connectivity index (χ2n) is 2.17. The van der Waals surface area contributed by atoms with Gasteiger partial charge >= 0.3 is 0 Å². The van der Waals surface area contributed by atoms with E-state index in [0.29, 0.717) is 5.56 Å². The zero-order valence-electron chi connectivity index (χ0n) is 6.64. The van der Waals surface area contributed by atoms with Gasteiger partial charge in [-0.15, -0.1) is 0 Å². The normalized spacial score (nSPS) is 10.2. The first-order chi connectivity index (χ1) is 6.20. The lowest BCUT2D eigenvalue weighted by molar-refractivity contribution is 0.472. The number of hydrogen-bond donors (Lipinski definition) is 3. The van der Waals surface area contributed by atoms with Crippen molar-refractivity contribution in [3.05, 3.63) is 24.0 Å². The Morgan fingerprint density at radius 1 is 1.77 bits per heavy atom. The lowest BCUT2D eigenvalue weighted by Crippen LogP contribution is -2.23. The van der Waals surface area contributed by atoms with Crippen molar-refractivity contribution >= 4 is 23.5 Å². The summed E-state index contributed by atoms with van der Waals surface area (Å²) in [6, 6.07) is 1.61. The fourth-order valence-electron chi connectivity index (χ4n) is 0.671. The fraction of sp³-hybridized carbons (Fsp3) is 0. The van der Waals surface area contributed by atoms with Crippen LogP contribution in [0.2, 0.25) is 0 Å². The van der Waals surface area contributed by atoms with E-state index in [0.717, 1.165) is 0 Å². The van der Waals surface area contributed by atoms with Gasteiger partial charge in [-0.3, -0.25) is 10.4 Å². The maximum Gasteiger partial charge on any atom is 0.184 e. The van der Waals surface area contributed by atoms with Gasteiger partial charge in [0.2, 0.25) is 0 Å². The summed E-state index contributed by atoms with van der Waals surface area (Å²) in [6.45, 7) is 0. The first kappa shape index (κ1) is 9.40. The van der Waals surface area contributed by atoms with Crippen LogP contribution in [0.5, 0.6) is 5.75 Å². The number of nitrogens with one attached hydrogen (secondary N) is 1. The summed E-state index contributed by atoms with van der Waals surface area (Å²) in [6.07, 6.45) is 4.26. The van der Waals surface area contributed by atoms with E-state index in [2.05, 4.69) is 27.7 Å². The van der Waals surface area contributed by atoms with E-state index in [9.17, 15) is 5.11 Å². The molecule has 0 amide bonds. The number of thiocarbonyl (C=S) groups is 1. The van der Waals surface area contributed by atoms with E-state index >= 15 is 0 Å². The minimum atomic E-state index is 0.0518. The summed E-state index contributed by atoms with van der Waals surface area (Å²) in [4.78, 5) is 3.71. The second-order valence-corrected chi connectivity index (χ2v) is 2.61. The Labute approximate surface area is 80.3 Å². The molecule has 0 saturated heterocycles. The number of aromatic nitrogens is 1. The molecule has 1 heterocycles. The lowest BCUT2D eigenvalue weighted by Gasteiger charge is -1.96. The van der Waals surface area contributed by atoms with Gasteiger partial charge in [0.1, 0.15) is 5.75 Å². The van der Waals surface area contributed by atoms with Crippen molar-refractivity contribution in [2.24, 2.45) is 10.8 Å². The Balaban J connectivity index is 2.68. The van der Waals surface area contributed by atoms with E-state index in [1.165, 1.54) is 12.4 Å². The standard InChI is InChI=1S/C7H8N4OS/c8-7(13)11-10-3-5-1-2-9-4-6(5)12/h1-4,12H,(H3,8,11,13)/b10-3+. The topological polar surface area (TPSA) is 83.5 Å². The summed E-state index contributed by atoms with van der Waals surface area (Å²) in [5.74, 6) is 0.0518. The van der Waals surface area contributed by atoms with Crippen LogP contribution in [0.4, 0.5) is 0 Å².